The van der Waals surface area contributed by atoms with Gasteiger partial charge < -0.3 is 16.0 Å². The van der Waals surface area contributed by atoms with Crippen LogP contribution in [0, 0.1) is 0 Å². The lowest BCUT2D eigenvalue weighted by Gasteiger charge is -2.29. The van der Waals surface area contributed by atoms with Crippen molar-refractivity contribution in [2.45, 2.75) is 18.9 Å². The number of pyridine rings is 1. The maximum atomic E-state index is 5.78. The van der Waals surface area contributed by atoms with E-state index in [2.05, 4.69) is 28.3 Å². The second kappa shape index (κ2) is 5.05. The largest absolute Gasteiger partial charge is 0.399 e. The molecule has 2 heterocycles. The van der Waals surface area contributed by atoms with Gasteiger partial charge in [-0.3, -0.25) is 0 Å². The van der Waals surface area contributed by atoms with Crippen molar-refractivity contribution in [2.24, 2.45) is 0 Å². The van der Waals surface area contributed by atoms with E-state index in [4.69, 9.17) is 5.73 Å². The van der Waals surface area contributed by atoms with Crippen LogP contribution in [0.4, 0.5) is 11.5 Å². The molecule has 0 spiro atoms. The van der Waals surface area contributed by atoms with E-state index in [1.165, 1.54) is 12.8 Å². The summed E-state index contributed by atoms with van der Waals surface area (Å²) in [5, 5.41) is 4.63. The summed E-state index contributed by atoms with van der Waals surface area (Å²) in [6.45, 7) is 2.31. The van der Waals surface area contributed by atoms with Gasteiger partial charge in [-0.05, 0) is 63.3 Å². The van der Waals surface area contributed by atoms with Crippen LogP contribution in [0.1, 0.15) is 12.8 Å². The van der Waals surface area contributed by atoms with Gasteiger partial charge >= 0.3 is 0 Å². The van der Waals surface area contributed by atoms with E-state index in [1.54, 1.807) is 0 Å². The average molecular weight is 256 g/mol. The number of fused-ring (bicyclic) bond motifs is 1. The lowest BCUT2D eigenvalue weighted by atomic mass is 10.1. The van der Waals surface area contributed by atoms with Crippen LogP contribution in [0.5, 0.6) is 0 Å². The Morgan fingerprint density at radius 1 is 1.21 bits per heavy atom. The molecule has 0 bridgehead atoms. The van der Waals surface area contributed by atoms with E-state index in [0.29, 0.717) is 6.04 Å². The molecule has 2 aromatic rings. The highest BCUT2D eigenvalue weighted by Gasteiger charge is 2.16. The minimum absolute atomic E-state index is 0.537. The highest BCUT2D eigenvalue weighted by atomic mass is 15.1. The number of likely N-dealkylation sites (tertiary alicyclic amines) is 1. The Hall–Kier alpha value is -1.81. The Morgan fingerprint density at radius 2 is 2.00 bits per heavy atom. The van der Waals surface area contributed by atoms with Crippen molar-refractivity contribution < 1.29 is 0 Å². The van der Waals surface area contributed by atoms with Gasteiger partial charge in [0.1, 0.15) is 5.82 Å². The number of nitrogen functional groups attached to an aromatic ring is 1. The zero-order valence-electron chi connectivity index (χ0n) is 11.3. The fourth-order valence-electron chi connectivity index (χ4n) is 2.59. The Morgan fingerprint density at radius 3 is 2.79 bits per heavy atom. The van der Waals surface area contributed by atoms with Crippen LogP contribution in [0.25, 0.3) is 10.9 Å². The molecule has 0 aliphatic carbocycles. The van der Waals surface area contributed by atoms with Crippen LogP contribution >= 0.6 is 0 Å². The van der Waals surface area contributed by atoms with E-state index >= 15 is 0 Å². The van der Waals surface area contributed by atoms with Crippen LogP contribution in [0.3, 0.4) is 0 Å². The lowest BCUT2D eigenvalue weighted by Crippen LogP contribution is -2.36. The van der Waals surface area contributed by atoms with Gasteiger partial charge in [-0.2, -0.15) is 0 Å². The normalized spacial score (nSPS) is 17.7. The molecule has 0 saturated carbocycles. The van der Waals surface area contributed by atoms with Crippen LogP contribution in [0.2, 0.25) is 0 Å². The predicted octanol–water partition coefficient (Wildman–Crippen LogP) is 2.32. The number of hydrogen-bond acceptors (Lipinski definition) is 4. The number of hydrogen-bond donors (Lipinski definition) is 2. The molecule has 1 aliphatic heterocycles. The van der Waals surface area contributed by atoms with Gasteiger partial charge in [-0.1, -0.05) is 0 Å². The fourth-order valence-corrected chi connectivity index (χ4v) is 2.59. The van der Waals surface area contributed by atoms with E-state index < -0.39 is 0 Å². The molecule has 1 aliphatic rings. The number of nitrogens with two attached hydrogens (primary N) is 1. The first-order chi connectivity index (χ1) is 9.20. The molecule has 3 rings (SSSR count). The SMILES string of the molecule is CN1CCC(Nc2ccc3cc(N)ccc3n2)CC1. The molecule has 4 heteroatoms. The zero-order valence-corrected chi connectivity index (χ0v) is 11.3. The summed E-state index contributed by atoms with van der Waals surface area (Å²) in [4.78, 5) is 7.02. The first-order valence-electron chi connectivity index (χ1n) is 6.82. The Balaban J connectivity index is 1.76. The maximum absolute atomic E-state index is 5.78. The summed E-state index contributed by atoms with van der Waals surface area (Å²) in [5.41, 5.74) is 7.55. The summed E-state index contributed by atoms with van der Waals surface area (Å²) in [5.74, 6) is 0.965. The Labute approximate surface area is 113 Å². The molecule has 1 aromatic carbocycles. The second-order valence-corrected chi connectivity index (χ2v) is 5.37. The lowest BCUT2D eigenvalue weighted by molar-refractivity contribution is 0.263. The molecule has 0 radical (unpaired) electrons. The van der Waals surface area contributed by atoms with E-state index in [1.807, 2.05) is 24.3 Å². The van der Waals surface area contributed by atoms with Crippen molar-refractivity contribution in [1.29, 1.82) is 0 Å². The quantitative estimate of drug-likeness (QED) is 0.810. The number of aromatic nitrogens is 1. The van der Waals surface area contributed by atoms with E-state index in [9.17, 15) is 0 Å². The van der Waals surface area contributed by atoms with Crippen LogP contribution in [-0.2, 0) is 0 Å². The Kier molecular flexibility index (Phi) is 3.25. The molecule has 3 N–H and O–H groups in total. The first kappa shape index (κ1) is 12.2. The smallest absolute Gasteiger partial charge is 0.126 e. The summed E-state index contributed by atoms with van der Waals surface area (Å²) in [6, 6.07) is 10.5. The van der Waals surface area contributed by atoms with Gasteiger partial charge in [-0.25, -0.2) is 4.98 Å². The third kappa shape index (κ3) is 2.79. The molecule has 100 valence electrons. The topological polar surface area (TPSA) is 54.2 Å². The molecule has 4 nitrogen and oxygen atoms in total. The van der Waals surface area contributed by atoms with Crippen LogP contribution in [0.15, 0.2) is 30.3 Å². The summed E-state index contributed by atoms with van der Waals surface area (Å²) >= 11 is 0. The van der Waals surface area contributed by atoms with Crippen LogP contribution < -0.4 is 11.1 Å². The van der Waals surface area contributed by atoms with E-state index in [0.717, 1.165) is 35.5 Å². The van der Waals surface area contributed by atoms with Gasteiger partial charge in [0.15, 0.2) is 0 Å². The monoisotopic (exact) mass is 256 g/mol. The van der Waals surface area contributed by atoms with Gasteiger partial charge in [0.25, 0.3) is 0 Å². The average Bonchev–Trinajstić information content (AvgIpc) is 2.42. The highest BCUT2D eigenvalue weighted by Crippen LogP contribution is 2.20. The van der Waals surface area contributed by atoms with Crippen molar-refractivity contribution in [3.05, 3.63) is 30.3 Å². The summed E-state index contributed by atoms with van der Waals surface area (Å²) in [6.07, 6.45) is 2.36. The molecule has 0 unspecified atom stereocenters. The Bertz CT molecular complexity index is 573. The van der Waals surface area contributed by atoms with Crippen LogP contribution in [-0.4, -0.2) is 36.1 Å². The summed E-state index contributed by atoms with van der Waals surface area (Å²) < 4.78 is 0. The molecular formula is C15H20N4. The first-order valence-corrected chi connectivity index (χ1v) is 6.82. The van der Waals surface area contributed by atoms with Gasteiger partial charge in [-0.15, -0.1) is 0 Å². The van der Waals surface area contributed by atoms with Crippen molar-refractivity contribution in [2.75, 3.05) is 31.2 Å². The van der Waals surface area contributed by atoms with Crippen molar-refractivity contribution >= 4 is 22.4 Å². The van der Waals surface area contributed by atoms with Gasteiger partial charge in [0.2, 0.25) is 0 Å². The summed E-state index contributed by atoms with van der Waals surface area (Å²) in [7, 11) is 2.18. The number of anilines is 2. The van der Waals surface area contributed by atoms with Gasteiger partial charge in [0, 0.05) is 17.1 Å². The zero-order chi connectivity index (χ0) is 13.2. The number of rotatable bonds is 2. The molecular weight excluding hydrogens is 236 g/mol. The minimum atomic E-state index is 0.537. The second-order valence-electron chi connectivity index (χ2n) is 5.37. The fraction of sp³-hybridized carbons (Fsp3) is 0.400. The standard InChI is InChI=1S/C15H20N4/c1-19-8-6-13(7-9-19)17-15-5-2-11-10-12(16)3-4-14(11)18-15/h2-5,10,13H,6-9,16H2,1H3,(H,17,18). The molecule has 1 fully saturated rings. The van der Waals surface area contributed by atoms with Gasteiger partial charge in [0.05, 0.1) is 5.52 Å². The minimum Gasteiger partial charge on any atom is -0.399 e. The molecule has 0 atom stereocenters. The molecule has 1 aromatic heterocycles. The highest BCUT2D eigenvalue weighted by molar-refractivity contribution is 5.83. The number of benzene rings is 1. The van der Waals surface area contributed by atoms with E-state index in [-0.39, 0.29) is 0 Å². The van der Waals surface area contributed by atoms with Crippen molar-refractivity contribution in [3.63, 3.8) is 0 Å². The number of nitrogens with one attached hydrogen (secondary N) is 1. The third-order valence-electron chi connectivity index (χ3n) is 3.78. The van der Waals surface area contributed by atoms with Crippen molar-refractivity contribution in [3.8, 4) is 0 Å². The van der Waals surface area contributed by atoms with Crippen molar-refractivity contribution in [1.82, 2.24) is 9.88 Å². The maximum Gasteiger partial charge on any atom is 0.126 e. The number of nitrogens with zero attached hydrogens (tertiary/aromatic N) is 2. The predicted molar refractivity (Wildman–Crippen MR) is 80.3 cm³/mol. The number of piperidine rings is 1. The molecule has 1 saturated heterocycles. The molecule has 0 amide bonds. The third-order valence-corrected chi connectivity index (χ3v) is 3.78. The molecule has 19 heavy (non-hydrogen) atoms.